The van der Waals surface area contributed by atoms with Crippen LogP contribution in [0.1, 0.15) is 32.6 Å². The molecular weight excluding hydrogens is 214 g/mol. The van der Waals surface area contributed by atoms with Crippen LogP contribution in [0.15, 0.2) is 23.8 Å². The van der Waals surface area contributed by atoms with E-state index < -0.39 is 6.04 Å². The summed E-state index contributed by atoms with van der Waals surface area (Å²) in [7, 11) is 0. The first kappa shape index (κ1) is 12.2. The number of fused-ring (bicyclic) bond motifs is 1. The van der Waals surface area contributed by atoms with Gasteiger partial charge >= 0.3 is 0 Å². The van der Waals surface area contributed by atoms with Crippen molar-refractivity contribution in [2.45, 2.75) is 38.6 Å². The molecule has 3 nitrogen and oxygen atoms in total. The number of hydrogen-bond donors (Lipinski definition) is 1. The number of carbonyl (C=O) groups is 2. The van der Waals surface area contributed by atoms with Crippen LogP contribution in [-0.4, -0.2) is 17.6 Å². The highest BCUT2D eigenvalue weighted by Crippen LogP contribution is 2.31. The number of hydrogen-bond acceptors (Lipinski definition) is 3. The zero-order chi connectivity index (χ0) is 12.4. The van der Waals surface area contributed by atoms with Gasteiger partial charge in [-0.1, -0.05) is 25.2 Å². The van der Waals surface area contributed by atoms with Gasteiger partial charge in [0.25, 0.3) is 0 Å². The molecule has 2 aliphatic rings. The van der Waals surface area contributed by atoms with Gasteiger partial charge in [0.1, 0.15) is 5.78 Å². The Morgan fingerprint density at radius 2 is 2.06 bits per heavy atom. The summed E-state index contributed by atoms with van der Waals surface area (Å²) in [6, 6.07) is -0.615. The topological polar surface area (TPSA) is 60.2 Å². The lowest BCUT2D eigenvalue weighted by molar-refractivity contribution is -0.124. The van der Waals surface area contributed by atoms with Gasteiger partial charge in [-0.2, -0.15) is 0 Å². The van der Waals surface area contributed by atoms with E-state index in [1.165, 1.54) is 0 Å². The summed E-state index contributed by atoms with van der Waals surface area (Å²) in [5.41, 5.74) is 6.64. The van der Waals surface area contributed by atoms with E-state index in [0.717, 1.165) is 18.4 Å². The molecule has 0 saturated heterocycles. The molecule has 3 unspecified atom stereocenters. The molecule has 17 heavy (non-hydrogen) atoms. The predicted molar refractivity (Wildman–Crippen MR) is 66.3 cm³/mol. The summed E-state index contributed by atoms with van der Waals surface area (Å²) in [6.07, 6.45) is 8.40. The van der Waals surface area contributed by atoms with E-state index in [2.05, 4.69) is 13.0 Å². The standard InChI is InChI=1S/C14H19NO2/c1-9-6-10-4-2-3-5-11(10)13(16)8-12(15)14(17)7-9/h2-3,5,9-10,12H,4,6-8,15H2,1H3. The van der Waals surface area contributed by atoms with E-state index in [-0.39, 0.29) is 23.9 Å². The Bertz CT molecular complexity index is 395. The maximum Gasteiger partial charge on any atom is 0.161 e. The fourth-order valence-corrected chi connectivity index (χ4v) is 2.72. The monoisotopic (exact) mass is 233 g/mol. The van der Waals surface area contributed by atoms with Crippen molar-refractivity contribution < 1.29 is 9.59 Å². The molecule has 0 amide bonds. The van der Waals surface area contributed by atoms with Crippen molar-refractivity contribution in [3.05, 3.63) is 23.8 Å². The Labute approximate surface area is 102 Å². The molecule has 92 valence electrons. The minimum Gasteiger partial charge on any atom is -0.321 e. The van der Waals surface area contributed by atoms with Gasteiger partial charge in [-0.25, -0.2) is 0 Å². The van der Waals surface area contributed by atoms with E-state index >= 15 is 0 Å². The van der Waals surface area contributed by atoms with Crippen LogP contribution < -0.4 is 5.73 Å². The molecular formula is C14H19NO2. The lowest BCUT2D eigenvalue weighted by atomic mass is 9.82. The quantitative estimate of drug-likeness (QED) is 0.693. The fourth-order valence-electron chi connectivity index (χ4n) is 2.72. The van der Waals surface area contributed by atoms with Crippen LogP contribution in [0.4, 0.5) is 0 Å². The molecule has 0 aromatic heterocycles. The summed E-state index contributed by atoms with van der Waals surface area (Å²) >= 11 is 0. The van der Waals surface area contributed by atoms with Crippen LogP contribution in [0.3, 0.4) is 0 Å². The second kappa shape index (κ2) is 4.96. The first-order valence-corrected chi connectivity index (χ1v) is 6.26. The van der Waals surface area contributed by atoms with Crippen LogP contribution in [0.5, 0.6) is 0 Å². The van der Waals surface area contributed by atoms with Gasteiger partial charge in [0, 0.05) is 12.8 Å². The maximum absolute atomic E-state index is 12.1. The molecule has 0 heterocycles. The zero-order valence-electron chi connectivity index (χ0n) is 10.2. The SMILES string of the molecule is CC1CC(=O)C(N)CC(=O)C2=CC=CCC2C1. The Balaban J connectivity index is 2.26. The third kappa shape index (κ3) is 2.72. The largest absolute Gasteiger partial charge is 0.321 e. The minimum absolute atomic E-state index is 0.0260. The van der Waals surface area contributed by atoms with Gasteiger partial charge in [0.2, 0.25) is 0 Å². The lowest BCUT2D eigenvalue weighted by Gasteiger charge is -2.22. The van der Waals surface area contributed by atoms with E-state index in [9.17, 15) is 9.59 Å². The van der Waals surface area contributed by atoms with Gasteiger partial charge in [-0.3, -0.25) is 9.59 Å². The third-order valence-electron chi connectivity index (χ3n) is 3.65. The molecule has 1 fully saturated rings. The van der Waals surface area contributed by atoms with Crippen molar-refractivity contribution in [1.82, 2.24) is 0 Å². The second-order valence-electron chi connectivity index (χ2n) is 5.23. The van der Waals surface area contributed by atoms with Crippen molar-refractivity contribution in [3.63, 3.8) is 0 Å². The number of rotatable bonds is 0. The number of Topliss-reactive ketones (excluding diaryl/α,β-unsaturated/α-hetero) is 2. The van der Waals surface area contributed by atoms with Crippen LogP contribution >= 0.6 is 0 Å². The third-order valence-corrected chi connectivity index (χ3v) is 3.65. The van der Waals surface area contributed by atoms with Gasteiger partial charge in [0.05, 0.1) is 6.04 Å². The number of allylic oxidation sites excluding steroid dienone is 4. The van der Waals surface area contributed by atoms with Gasteiger partial charge in [0.15, 0.2) is 5.78 Å². The van der Waals surface area contributed by atoms with Crippen LogP contribution in [0, 0.1) is 11.8 Å². The Kier molecular flexibility index (Phi) is 3.57. The number of carbonyl (C=O) groups excluding carboxylic acids is 2. The predicted octanol–water partition coefficient (Wildman–Crippen LogP) is 1.77. The molecule has 0 bridgehead atoms. The van der Waals surface area contributed by atoms with Crippen LogP contribution in [-0.2, 0) is 9.59 Å². The maximum atomic E-state index is 12.1. The Hall–Kier alpha value is -1.22. The first-order valence-electron chi connectivity index (χ1n) is 6.26. The van der Waals surface area contributed by atoms with Gasteiger partial charge < -0.3 is 5.73 Å². The second-order valence-corrected chi connectivity index (χ2v) is 5.23. The molecule has 0 aromatic rings. The summed E-state index contributed by atoms with van der Waals surface area (Å²) in [6.45, 7) is 2.07. The van der Waals surface area contributed by atoms with Crippen molar-refractivity contribution in [1.29, 1.82) is 0 Å². The average Bonchev–Trinajstić information content (AvgIpc) is 2.31. The molecule has 3 heteroatoms. The Morgan fingerprint density at radius 1 is 1.29 bits per heavy atom. The van der Waals surface area contributed by atoms with Crippen LogP contribution in [0.2, 0.25) is 0 Å². The summed E-state index contributed by atoms with van der Waals surface area (Å²) in [4.78, 5) is 23.9. The highest BCUT2D eigenvalue weighted by Gasteiger charge is 2.29. The minimum atomic E-state index is -0.615. The summed E-state index contributed by atoms with van der Waals surface area (Å²) < 4.78 is 0. The molecule has 0 aromatic carbocycles. The summed E-state index contributed by atoms with van der Waals surface area (Å²) in [5.74, 6) is 0.660. The fraction of sp³-hybridized carbons (Fsp3) is 0.571. The molecule has 0 spiro atoms. The van der Waals surface area contributed by atoms with Gasteiger partial charge in [-0.05, 0) is 30.3 Å². The highest BCUT2D eigenvalue weighted by atomic mass is 16.1. The normalized spacial score (nSPS) is 34.5. The molecule has 0 aliphatic heterocycles. The lowest BCUT2D eigenvalue weighted by Crippen LogP contribution is -2.33. The van der Waals surface area contributed by atoms with Crippen molar-refractivity contribution in [2.24, 2.45) is 17.6 Å². The van der Waals surface area contributed by atoms with Crippen molar-refractivity contribution in [3.8, 4) is 0 Å². The van der Waals surface area contributed by atoms with Crippen molar-refractivity contribution in [2.75, 3.05) is 0 Å². The molecule has 1 saturated carbocycles. The van der Waals surface area contributed by atoms with Crippen LogP contribution in [0.25, 0.3) is 0 Å². The molecule has 2 rings (SSSR count). The van der Waals surface area contributed by atoms with E-state index in [0.29, 0.717) is 12.3 Å². The molecule has 2 N–H and O–H groups in total. The smallest absolute Gasteiger partial charge is 0.161 e. The van der Waals surface area contributed by atoms with E-state index in [1.54, 1.807) is 0 Å². The number of ketones is 2. The van der Waals surface area contributed by atoms with E-state index in [1.807, 2.05) is 12.2 Å². The Morgan fingerprint density at radius 3 is 2.82 bits per heavy atom. The number of nitrogens with two attached hydrogens (primary N) is 1. The molecule has 3 atom stereocenters. The highest BCUT2D eigenvalue weighted by molar-refractivity contribution is 6.00. The van der Waals surface area contributed by atoms with Gasteiger partial charge in [-0.15, -0.1) is 0 Å². The molecule has 0 radical (unpaired) electrons. The van der Waals surface area contributed by atoms with Crippen molar-refractivity contribution >= 4 is 11.6 Å². The average molecular weight is 233 g/mol. The zero-order valence-corrected chi connectivity index (χ0v) is 10.2. The first-order chi connectivity index (χ1) is 8.08. The summed E-state index contributed by atoms with van der Waals surface area (Å²) in [5, 5.41) is 0. The molecule has 2 aliphatic carbocycles. The van der Waals surface area contributed by atoms with E-state index in [4.69, 9.17) is 5.73 Å².